The molecule has 4 heteroatoms. The Morgan fingerprint density at radius 1 is 0.897 bits per heavy atom. The number of rotatable bonds is 2. The average molecular weight is 394 g/mol. The highest BCUT2D eigenvalue weighted by atomic mass is 32.1. The number of Topliss-reactive ketones (excluding diaryl/α,β-unsaturated/α-hetero) is 1. The number of hydrogen-bond acceptors (Lipinski definition) is 4. The maximum atomic E-state index is 13.3. The van der Waals surface area contributed by atoms with Gasteiger partial charge in [-0.3, -0.25) is 4.79 Å². The first-order valence-electron chi connectivity index (χ1n) is 9.97. The van der Waals surface area contributed by atoms with Gasteiger partial charge in [0, 0.05) is 11.5 Å². The summed E-state index contributed by atoms with van der Waals surface area (Å²) in [6, 6.07) is 18.8. The monoisotopic (exact) mass is 394 g/mol. The summed E-state index contributed by atoms with van der Waals surface area (Å²) in [7, 11) is 0. The first kappa shape index (κ1) is 16.8. The molecule has 3 nitrogen and oxygen atoms in total. The van der Waals surface area contributed by atoms with Gasteiger partial charge in [-0.2, -0.15) is 8.75 Å². The number of fused-ring (bicyclic) bond motifs is 6. The number of hydrogen-bond donors (Lipinski definition) is 0. The van der Waals surface area contributed by atoms with Crippen LogP contribution in [0.15, 0.2) is 54.6 Å². The molecule has 1 heterocycles. The van der Waals surface area contributed by atoms with E-state index < -0.39 is 0 Å². The van der Waals surface area contributed by atoms with Crippen LogP contribution in [0.2, 0.25) is 0 Å². The van der Waals surface area contributed by atoms with E-state index in [0.29, 0.717) is 0 Å². The molecule has 0 amide bonds. The van der Waals surface area contributed by atoms with Crippen LogP contribution in [-0.2, 0) is 12.8 Å². The second-order valence-electron chi connectivity index (χ2n) is 7.81. The van der Waals surface area contributed by atoms with Gasteiger partial charge in [0.2, 0.25) is 0 Å². The van der Waals surface area contributed by atoms with Crippen molar-refractivity contribution in [3.63, 3.8) is 0 Å². The Kier molecular flexibility index (Phi) is 3.74. The fourth-order valence-corrected chi connectivity index (χ4v) is 5.19. The zero-order valence-electron chi connectivity index (χ0n) is 15.8. The van der Waals surface area contributed by atoms with E-state index in [1.165, 1.54) is 44.4 Å². The highest BCUT2D eigenvalue weighted by Gasteiger charge is 2.23. The summed E-state index contributed by atoms with van der Waals surface area (Å²) < 4.78 is 8.52. The minimum atomic E-state index is -0.0939. The first-order valence-corrected chi connectivity index (χ1v) is 10.7. The van der Waals surface area contributed by atoms with Crippen molar-refractivity contribution < 1.29 is 4.79 Å². The van der Waals surface area contributed by atoms with E-state index in [-0.39, 0.29) is 11.7 Å². The predicted molar refractivity (Wildman–Crippen MR) is 117 cm³/mol. The van der Waals surface area contributed by atoms with Crippen molar-refractivity contribution in [3.8, 4) is 11.1 Å². The Labute approximate surface area is 172 Å². The van der Waals surface area contributed by atoms with Gasteiger partial charge < -0.3 is 0 Å². The van der Waals surface area contributed by atoms with Crippen LogP contribution in [0.3, 0.4) is 0 Å². The third-order valence-electron chi connectivity index (χ3n) is 6.18. The molecule has 3 aromatic carbocycles. The second-order valence-corrected chi connectivity index (χ2v) is 8.34. The molecule has 0 fully saturated rings. The SMILES string of the molecule is O=C(c1ccc2nsnc2c1)C1C=c2c(ccc3c2=CCc2ccccc2-3)CC1. The second kappa shape index (κ2) is 6.46. The summed E-state index contributed by atoms with van der Waals surface area (Å²) in [5.41, 5.74) is 7.71. The third-order valence-corrected chi connectivity index (χ3v) is 6.74. The molecule has 1 atom stereocenters. The fourth-order valence-electron chi connectivity index (χ4n) is 4.68. The zero-order chi connectivity index (χ0) is 19.4. The highest BCUT2D eigenvalue weighted by molar-refractivity contribution is 7.00. The van der Waals surface area contributed by atoms with E-state index in [0.717, 1.165) is 35.9 Å². The topological polar surface area (TPSA) is 42.9 Å². The smallest absolute Gasteiger partial charge is 0.169 e. The van der Waals surface area contributed by atoms with E-state index in [2.05, 4.69) is 57.3 Å². The first-order chi connectivity index (χ1) is 14.3. The minimum Gasteiger partial charge on any atom is -0.294 e. The van der Waals surface area contributed by atoms with Crippen LogP contribution in [0.1, 0.15) is 27.9 Å². The molecule has 1 aromatic heterocycles. The summed E-state index contributed by atoms with van der Waals surface area (Å²) >= 11 is 1.19. The lowest BCUT2D eigenvalue weighted by Crippen LogP contribution is -2.37. The van der Waals surface area contributed by atoms with E-state index in [1.807, 2.05) is 18.2 Å². The molecule has 2 aliphatic carbocycles. The standard InChI is InChI=1S/C25H18N2OS/c28-25(18-9-12-23-24(14-18)27-29-26-23)17-6-5-16-8-10-20-19-4-2-1-3-15(19)7-11-21(20)22(16)13-17/h1-4,8-14,17H,5-7H2. The summed E-state index contributed by atoms with van der Waals surface area (Å²) in [6.07, 6.45) is 7.26. The lowest BCUT2D eigenvalue weighted by atomic mass is 9.82. The van der Waals surface area contributed by atoms with Gasteiger partial charge in [0.1, 0.15) is 11.0 Å². The fraction of sp³-hybridized carbons (Fsp3) is 0.160. The van der Waals surface area contributed by atoms with Crippen LogP contribution in [0.4, 0.5) is 0 Å². The number of carbonyl (C=O) groups is 1. The molecular weight excluding hydrogens is 376 g/mol. The molecule has 29 heavy (non-hydrogen) atoms. The molecule has 2 aliphatic rings. The maximum Gasteiger partial charge on any atom is 0.169 e. The Morgan fingerprint density at radius 3 is 2.76 bits per heavy atom. The molecule has 140 valence electrons. The van der Waals surface area contributed by atoms with Gasteiger partial charge in [0.25, 0.3) is 0 Å². The van der Waals surface area contributed by atoms with Crippen molar-refractivity contribution >= 4 is 40.7 Å². The van der Waals surface area contributed by atoms with Gasteiger partial charge in [0.15, 0.2) is 5.78 Å². The van der Waals surface area contributed by atoms with E-state index >= 15 is 0 Å². The lowest BCUT2D eigenvalue weighted by Gasteiger charge is -2.21. The molecule has 0 radical (unpaired) electrons. The Bertz CT molecular complexity index is 1420. The van der Waals surface area contributed by atoms with E-state index in [4.69, 9.17) is 0 Å². The number of ketones is 1. The minimum absolute atomic E-state index is 0.0939. The molecule has 0 spiro atoms. The van der Waals surface area contributed by atoms with Gasteiger partial charge in [-0.05, 0) is 70.2 Å². The van der Waals surface area contributed by atoms with Crippen molar-refractivity contribution in [3.05, 3.63) is 81.7 Å². The largest absolute Gasteiger partial charge is 0.294 e. The number of nitrogens with zero attached hydrogens (tertiary/aromatic N) is 2. The van der Waals surface area contributed by atoms with Gasteiger partial charge in [-0.1, -0.05) is 48.6 Å². The Morgan fingerprint density at radius 2 is 1.79 bits per heavy atom. The predicted octanol–water partition coefficient (Wildman–Crippen LogP) is 3.92. The highest BCUT2D eigenvalue weighted by Crippen LogP contribution is 2.26. The molecule has 0 saturated heterocycles. The molecule has 0 saturated carbocycles. The quantitative estimate of drug-likeness (QED) is 0.484. The Balaban J connectivity index is 1.47. The third kappa shape index (κ3) is 2.67. The molecule has 0 bridgehead atoms. The van der Waals surface area contributed by atoms with Crippen LogP contribution in [0.5, 0.6) is 0 Å². The number of aromatic nitrogens is 2. The van der Waals surface area contributed by atoms with Crippen LogP contribution in [-0.4, -0.2) is 14.5 Å². The van der Waals surface area contributed by atoms with Gasteiger partial charge in [0.05, 0.1) is 11.7 Å². The number of aryl methyl sites for hydroxylation is 1. The van der Waals surface area contributed by atoms with Crippen molar-refractivity contribution in [1.82, 2.24) is 8.75 Å². The molecule has 6 rings (SSSR count). The van der Waals surface area contributed by atoms with Crippen LogP contribution >= 0.6 is 11.7 Å². The van der Waals surface area contributed by atoms with Gasteiger partial charge >= 0.3 is 0 Å². The molecule has 0 N–H and O–H groups in total. The normalized spacial score (nSPS) is 16.9. The number of carbonyl (C=O) groups excluding carboxylic acids is 1. The Hall–Kier alpha value is -3.11. The molecular formula is C25H18N2OS. The van der Waals surface area contributed by atoms with Crippen LogP contribution in [0.25, 0.3) is 34.3 Å². The molecule has 1 unspecified atom stereocenters. The lowest BCUT2D eigenvalue weighted by molar-refractivity contribution is 0.0947. The summed E-state index contributed by atoms with van der Waals surface area (Å²) in [5.74, 6) is 0.0861. The van der Waals surface area contributed by atoms with E-state index in [9.17, 15) is 4.79 Å². The maximum absolute atomic E-state index is 13.3. The zero-order valence-corrected chi connectivity index (χ0v) is 16.6. The molecule has 4 aromatic rings. The van der Waals surface area contributed by atoms with Gasteiger partial charge in [-0.25, -0.2) is 0 Å². The van der Waals surface area contributed by atoms with Crippen LogP contribution in [0, 0.1) is 5.92 Å². The van der Waals surface area contributed by atoms with Crippen LogP contribution < -0.4 is 10.4 Å². The number of benzene rings is 3. The van der Waals surface area contributed by atoms with Crippen molar-refractivity contribution in [2.75, 3.05) is 0 Å². The summed E-state index contributed by atoms with van der Waals surface area (Å²) in [6.45, 7) is 0. The summed E-state index contributed by atoms with van der Waals surface area (Å²) in [5, 5.41) is 2.54. The van der Waals surface area contributed by atoms with E-state index in [1.54, 1.807) is 0 Å². The van der Waals surface area contributed by atoms with Crippen molar-refractivity contribution in [2.24, 2.45) is 5.92 Å². The summed E-state index contributed by atoms with van der Waals surface area (Å²) in [4.78, 5) is 13.3. The van der Waals surface area contributed by atoms with Crippen molar-refractivity contribution in [2.45, 2.75) is 19.3 Å². The van der Waals surface area contributed by atoms with Crippen molar-refractivity contribution in [1.29, 1.82) is 0 Å². The van der Waals surface area contributed by atoms with Gasteiger partial charge in [-0.15, -0.1) is 0 Å². The molecule has 0 aliphatic heterocycles. The average Bonchev–Trinajstić information content (AvgIpc) is 3.25.